The SMILES string of the molecule is Cc1ccc(Oc2cc(F)c(S(=O)(=O)Nc3cscn3)cc2C)c(-c2cn[nH]c2N)c1. The first-order valence-electron chi connectivity index (χ1n) is 9.03. The van der Waals surface area contributed by atoms with Crippen LogP contribution in [0, 0.1) is 19.7 Å². The number of thiazole rings is 1. The van der Waals surface area contributed by atoms with Gasteiger partial charge in [0, 0.05) is 22.6 Å². The molecule has 0 saturated heterocycles. The number of hydrogen-bond donors (Lipinski definition) is 3. The molecule has 2 heterocycles. The van der Waals surface area contributed by atoms with Gasteiger partial charge in [-0.2, -0.15) is 5.10 Å². The third-order valence-corrected chi connectivity index (χ3v) is 6.46. The Morgan fingerprint density at radius 2 is 1.97 bits per heavy atom. The first kappa shape index (κ1) is 20.8. The Bertz CT molecular complexity index is 1350. The zero-order valence-electron chi connectivity index (χ0n) is 16.5. The first-order chi connectivity index (χ1) is 14.7. The van der Waals surface area contributed by atoms with Gasteiger partial charge in [-0.3, -0.25) is 9.82 Å². The molecule has 0 aliphatic rings. The predicted molar refractivity (Wildman–Crippen MR) is 117 cm³/mol. The second-order valence-corrected chi connectivity index (χ2v) is 9.20. The molecule has 0 aliphatic carbocycles. The van der Waals surface area contributed by atoms with E-state index >= 15 is 0 Å². The Hall–Kier alpha value is -3.44. The Labute approximate surface area is 182 Å². The van der Waals surface area contributed by atoms with Gasteiger partial charge in [0.25, 0.3) is 10.0 Å². The van der Waals surface area contributed by atoms with E-state index in [9.17, 15) is 12.8 Å². The normalized spacial score (nSPS) is 11.5. The smallest absolute Gasteiger partial charge is 0.266 e. The van der Waals surface area contributed by atoms with Gasteiger partial charge in [-0.15, -0.1) is 11.3 Å². The number of hydrogen-bond acceptors (Lipinski definition) is 7. The number of aryl methyl sites for hydroxylation is 2. The summed E-state index contributed by atoms with van der Waals surface area (Å²) in [5.74, 6) is 0.159. The van der Waals surface area contributed by atoms with Crippen molar-refractivity contribution in [2.24, 2.45) is 0 Å². The Balaban J connectivity index is 1.70. The molecular formula is C20H18FN5O3S2. The van der Waals surface area contributed by atoms with E-state index in [4.69, 9.17) is 10.5 Å². The number of aromatic amines is 1. The van der Waals surface area contributed by atoms with Crippen LogP contribution in [-0.4, -0.2) is 23.6 Å². The molecule has 8 nitrogen and oxygen atoms in total. The zero-order chi connectivity index (χ0) is 22.2. The van der Waals surface area contributed by atoms with E-state index in [1.165, 1.54) is 28.3 Å². The summed E-state index contributed by atoms with van der Waals surface area (Å²) in [5, 5.41) is 8.12. The van der Waals surface area contributed by atoms with Crippen molar-refractivity contribution in [3.63, 3.8) is 0 Å². The maximum Gasteiger partial charge on any atom is 0.266 e. The van der Waals surface area contributed by atoms with E-state index < -0.39 is 20.7 Å². The number of rotatable bonds is 6. The van der Waals surface area contributed by atoms with Crippen molar-refractivity contribution in [1.29, 1.82) is 0 Å². The molecule has 0 spiro atoms. The summed E-state index contributed by atoms with van der Waals surface area (Å²) in [6, 6.07) is 7.73. The first-order valence-corrected chi connectivity index (χ1v) is 11.5. The molecule has 2 aromatic carbocycles. The molecule has 4 rings (SSSR count). The van der Waals surface area contributed by atoms with Crippen LogP contribution < -0.4 is 15.2 Å². The van der Waals surface area contributed by atoms with E-state index in [0.29, 0.717) is 28.3 Å². The molecule has 2 aromatic heterocycles. The largest absolute Gasteiger partial charge is 0.456 e. The van der Waals surface area contributed by atoms with Crippen molar-refractivity contribution >= 4 is 33.0 Å². The quantitative estimate of drug-likeness (QED) is 0.391. The number of halogens is 1. The second-order valence-electron chi connectivity index (χ2n) is 6.83. The van der Waals surface area contributed by atoms with Crippen LogP contribution in [0.25, 0.3) is 11.1 Å². The highest BCUT2D eigenvalue weighted by Gasteiger charge is 2.23. The summed E-state index contributed by atoms with van der Waals surface area (Å²) in [5.41, 5.74) is 10.2. The maximum atomic E-state index is 14.8. The van der Waals surface area contributed by atoms with Gasteiger partial charge in [-0.1, -0.05) is 11.6 Å². The molecule has 0 unspecified atom stereocenters. The summed E-state index contributed by atoms with van der Waals surface area (Å²) in [4.78, 5) is 3.37. The average molecular weight is 460 g/mol. The van der Waals surface area contributed by atoms with Crippen molar-refractivity contribution in [3.05, 3.63) is 64.4 Å². The summed E-state index contributed by atoms with van der Waals surface area (Å²) in [6.45, 7) is 3.56. The molecule has 0 amide bonds. The molecule has 0 aliphatic heterocycles. The molecule has 0 bridgehead atoms. The zero-order valence-corrected chi connectivity index (χ0v) is 18.1. The molecule has 4 aromatic rings. The number of nitrogens with two attached hydrogens (primary N) is 1. The molecule has 0 atom stereocenters. The van der Waals surface area contributed by atoms with Gasteiger partial charge < -0.3 is 10.5 Å². The summed E-state index contributed by atoms with van der Waals surface area (Å²) < 4.78 is 48.2. The molecule has 11 heteroatoms. The molecule has 160 valence electrons. The minimum atomic E-state index is -4.15. The molecule has 0 saturated carbocycles. The number of anilines is 2. The maximum absolute atomic E-state index is 14.8. The molecule has 0 fully saturated rings. The lowest BCUT2D eigenvalue weighted by Crippen LogP contribution is -2.15. The fourth-order valence-corrected chi connectivity index (χ4v) is 4.68. The van der Waals surface area contributed by atoms with Crippen molar-refractivity contribution in [2.75, 3.05) is 10.5 Å². The van der Waals surface area contributed by atoms with Crippen LogP contribution in [0.3, 0.4) is 0 Å². The highest BCUT2D eigenvalue weighted by Crippen LogP contribution is 2.38. The van der Waals surface area contributed by atoms with Gasteiger partial charge in [0.05, 0.1) is 11.7 Å². The number of nitrogen functional groups attached to an aromatic ring is 1. The number of ether oxygens (including phenoxy) is 1. The van der Waals surface area contributed by atoms with Gasteiger partial charge in [0.2, 0.25) is 0 Å². The van der Waals surface area contributed by atoms with Crippen LogP contribution in [-0.2, 0) is 10.0 Å². The third kappa shape index (κ3) is 4.23. The van der Waals surface area contributed by atoms with E-state index in [1.54, 1.807) is 19.2 Å². The Morgan fingerprint density at radius 1 is 1.16 bits per heavy atom. The van der Waals surface area contributed by atoms with Gasteiger partial charge in [-0.05, 0) is 37.6 Å². The number of H-pyrrole nitrogens is 1. The average Bonchev–Trinajstić information content (AvgIpc) is 3.36. The third-order valence-electron chi connectivity index (χ3n) is 4.50. The minimum absolute atomic E-state index is 0.129. The topological polar surface area (TPSA) is 123 Å². The van der Waals surface area contributed by atoms with E-state index in [-0.39, 0.29) is 11.6 Å². The summed E-state index contributed by atoms with van der Waals surface area (Å²) in [7, 11) is -4.15. The lowest BCUT2D eigenvalue weighted by molar-refractivity contribution is 0.471. The molecule has 0 radical (unpaired) electrons. The second kappa shape index (κ2) is 8.00. The minimum Gasteiger partial charge on any atom is -0.456 e. The number of nitrogens with zero attached hydrogens (tertiary/aromatic N) is 2. The molecule has 4 N–H and O–H groups in total. The van der Waals surface area contributed by atoms with Crippen molar-refractivity contribution in [3.8, 4) is 22.6 Å². The van der Waals surface area contributed by atoms with E-state index in [0.717, 1.165) is 11.6 Å². The van der Waals surface area contributed by atoms with Gasteiger partial charge in [0.1, 0.15) is 28.0 Å². The predicted octanol–water partition coefficient (Wildman–Crippen LogP) is 4.46. The van der Waals surface area contributed by atoms with Crippen LogP contribution in [0.15, 0.2) is 52.3 Å². The highest BCUT2D eigenvalue weighted by molar-refractivity contribution is 7.92. The standard InChI is InChI=1S/C20H18FN5O3S2/c1-11-3-4-16(13(5-11)14-8-24-25-20(14)22)29-17-7-15(21)18(6-12(17)2)31(27,28)26-19-9-30-10-23-19/h3-10,26H,1-2H3,(H3,22,24,25). The fraction of sp³-hybridized carbons (Fsp3) is 0.100. The Kier molecular flexibility index (Phi) is 5.38. The van der Waals surface area contributed by atoms with Crippen molar-refractivity contribution in [2.45, 2.75) is 18.7 Å². The monoisotopic (exact) mass is 459 g/mol. The van der Waals surface area contributed by atoms with Crippen LogP contribution in [0.5, 0.6) is 11.5 Å². The molecular weight excluding hydrogens is 441 g/mol. The van der Waals surface area contributed by atoms with Crippen LogP contribution in [0.2, 0.25) is 0 Å². The van der Waals surface area contributed by atoms with Gasteiger partial charge in [0.15, 0.2) is 5.82 Å². The number of aromatic nitrogens is 3. The van der Waals surface area contributed by atoms with Gasteiger partial charge in [-0.25, -0.2) is 17.8 Å². The lowest BCUT2D eigenvalue weighted by atomic mass is 10.0. The lowest BCUT2D eigenvalue weighted by Gasteiger charge is -2.15. The number of benzene rings is 2. The van der Waals surface area contributed by atoms with Crippen LogP contribution in [0.1, 0.15) is 11.1 Å². The van der Waals surface area contributed by atoms with E-state index in [1.807, 2.05) is 19.1 Å². The van der Waals surface area contributed by atoms with Crippen molar-refractivity contribution in [1.82, 2.24) is 15.2 Å². The van der Waals surface area contributed by atoms with Gasteiger partial charge >= 0.3 is 0 Å². The fourth-order valence-electron chi connectivity index (χ4n) is 2.98. The molecule has 31 heavy (non-hydrogen) atoms. The number of sulfonamides is 1. The summed E-state index contributed by atoms with van der Waals surface area (Å²) in [6.07, 6.45) is 1.57. The number of nitrogens with one attached hydrogen (secondary N) is 2. The highest BCUT2D eigenvalue weighted by atomic mass is 32.2. The van der Waals surface area contributed by atoms with Crippen LogP contribution >= 0.6 is 11.3 Å². The summed E-state index contributed by atoms with van der Waals surface area (Å²) >= 11 is 1.22. The Morgan fingerprint density at radius 3 is 2.65 bits per heavy atom. The van der Waals surface area contributed by atoms with E-state index in [2.05, 4.69) is 19.9 Å². The van der Waals surface area contributed by atoms with Crippen molar-refractivity contribution < 1.29 is 17.5 Å². The van der Waals surface area contributed by atoms with Crippen LogP contribution in [0.4, 0.5) is 16.0 Å².